The van der Waals surface area contributed by atoms with Crippen LogP contribution in [0.5, 0.6) is 0 Å². The quantitative estimate of drug-likeness (QED) is 0.457. The van der Waals surface area contributed by atoms with E-state index in [1.165, 1.54) is 38.5 Å². The van der Waals surface area contributed by atoms with E-state index in [9.17, 15) is 4.79 Å². The number of likely N-dealkylation sites (tertiary alicyclic amines) is 1. The molecule has 1 aliphatic rings. The zero-order chi connectivity index (χ0) is 17.0. The van der Waals surface area contributed by atoms with Gasteiger partial charge in [0.15, 0.2) is 0 Å². The van der Waals surface area contributed by atoms with Crippen molar-refractivity contribution in [2.24, 2.45) is 0 Å². The maximum atomic E-state index is 12.4. The Morgan fingerprint density at radius 1 is 1.08 bits per heavy atom. The number of nitrogens with one attached hydrogen (secondary N) is 2. The molecular formula is C19H34Cl2N4O. The van der Waals surface area contributed by atoms with Crippen LogP contribution in [0, 0.1) is 0 Å². The highest BCUT2D eigenvalue weighted by molar-refractivity contribution is 5.94. The van der Waals surface area contributed by atoms with Gasteiger partial charge in [0.05, 0.1) is 0 Å². The first-order valence-electron chi connectivity index (χ1n) is 9.49. The van der Waals surface area contributed by atoms with Crippen molar-refractivity contribution in [3.8, 4) is 0 Å². The topological polar surface area (TPSA) is 57.3 Å². The number of hydrazine groups is 1. The average Bonchev–Trinajstić information content (AvgIpc) is 2.64. The highest BCUT2D eigenvalue weighted by Crippen LogP contribution is 2.13. The van der Waals surface area contributed by atoms with E-state index in [0.717, 1.165) is 38.0 Å². The summed E-state index contributed by atoms with van der Waals surface area (Å²) >= 11 is 0. The largest absolute Gasteiger partial charge is 0.339 e. The fourth-order valence-corrected chi connectivity index (χ4v) is 3.11. The van der Waals surface area contributed by atoms with Gasteiger partial charge in [-0.1, -0.05) is 39.0 Å². The van der Waals surface area contributed by atoms with Crippen LogP contribution < -0.4 is 10.9 Å². The Kier molecular flexibility index (Phi) is 14.7. The number of carbonyl (C=O) groups excluding carboxylic acids is 1. The van der Waals surface area contributed by atoms with Crippen LogP contribution in [0.25, 0.3) is 0 Å². The smallest absolute Gasteiger partial charge is 0.253 e. The molecule has 1 aliphatic heterocycles. The van der Waals surface area contributed by atoms with Crippen LogP contribution in [-0.4, -0.2) is 41.5 Å². The number of pyridine rings is 1. The summed E-state index contributed by atoms with van der Waals surface area (Å²) in [5, 5.41) is 0. The standard InChI is InChI=1S/C19H32N4O.2ClH/c1-2-3-4-5-6-7-12-21-22-18-10-15-23(16-11-18)19(24)17-8-13-20-14-9-17;;/h8-9,13-14,18,21-22H,2-7,10-12,15-16H2,1H3;2*1H. The average molecular weight is 405 g/mol. The summed E-state index contributed by atoms with van der Waals surface area (Å²) in [6, 6.07) is 4.04. The summed E-state index contributed by atoms with van der Waals surface area (Å²) in [6.07, 6.45) is 13.3. The van der Waals surface area contributed by atoms with Crippen molar-refractivity contribution in [2.45, 2.75) is 64.3 Å². The van der Waals surface area contributed by atoms with Gasteiger partial charge in [-0.2, -0.15) is 0 Å². The van der Waals surface area contributed by atoms with Crippen molar-refractivity contribution in [1.82, 2.24) is 20.7 Å². The third-order valence-corrected chi connectivity index (χ3v) is 4.67. The maximum absolute atomic E-state index is 12.4. The van der Waals surface area contributed by atoms with Crippen LogP contribution in [0.1, 0.15) is 68.6 Å². The molecule has 0 aliphatic carbocycles. The van der Waals surface area contributed by atoms with Crippen molar-refractivity contribution in [2.75, 3.05) is 19.6 Å². The zero-order valence-corrected chi connectivity index (χ0v) is 17.4. The number of hydrogen-bond donors (Lipinski definition) is 2. The predicted molar refractivity (Wildman–Crippen MR) is 112 cm³/mol. The van der Waals surface area contributed by atoms with Gasteiger partial charge in [0.2, 0.25) is 0 Å². The minimum absolute atomic E-state index is 0. The zero-order valence-electron chi connectivity index (χ0n) is 15.8. The molecule has 1 aromatic rings. The molecule has 7 heteroatoms. The van der Waals surface area contributed by atoms with Crippen LogP contribution in [0.2, 0.25) is 0 Å². The molecule has 150 valence electrons. The van der Waals surface area contributed by atoms with Gasteiger partial charge in [-0.25, -0.2) is 0 Å². The van der Waals surface area contributed by atoms with Crippen LogP contribution in [-0.2, 0) is 0 Å². The second-order valence-corrected chi connectivity index (χ2v) is 6.64. The highest BCUT2D eigenvalue weighted by atomic mass is 35.5. The summed E-state index contributed by atoms with van der Waals surface area (Å²) in [4.78, 5) is 18.3. The Hall–Kier alpha value is -0.880. The fraction of sp³-hybridized carbons (Fsp3) is 0.684. The molecule has 0 spiro atoms. The summed E-state index contributed by atoms with van der Waals surface area (Å²) in [6.45, 7) is 4.92. The second-order valence-electron chi connectivity index (χ2n) is 6.64. The molecule has 1 aromatic heterocycles. The normalized spacial score (nSPS) is 14.4. The minimum atomic E-state index is 0. The lowest BCUT2D eigenvalue weighted by atomic mass is 10.0. The molecule has 1 saturated heterocycles. The number of piperidine rings is 1. The van der Waals surface area contributed by atoms with E-state index in [0.29, 0.717) is 6.04 Å². The second kappa shape index (κ2) is 15.2. The first kappa shape index (κ1) is 25.1. The Bertz CT molecular complexity index is 468. The molecule has 0 unspecified atom stereocenters. The molecule has 5 nitrogen and oxygen atoms in total. The molecule has 1 amide bonds. The SMILES string of the molecule is CCCCCCCCNNC1CCN(C(=O)c2ccncc2)CC1.Cl.Cl. The molecule has 2 N–H and O–H groups in total. The van der Waals surface area contributed by atoms with Gasteiger partial charge >= 0.3 is 0 Å². The minimum Gasteiger partial charge on any atom is -0.339 e. The van der Waals surface area contributed by atoms with Gasteiger partial charge in [-0.3, -0.25) is 20.6 Å². The molecular weight excluding hydrogens is 371 g/mol. The lowest BCUT2D eigenvalue weighted by Crippen LogP contribution is -2.49. The monoisotopic (exact) mass is 404 g/mol. The van der Waals surface area contributed by atoms with Crippen molar-refractivity contribution in [3.05, 3.63) is 30.1 Å². The van der Waals surface area contributed by atoms with E-state index in [1.54, 1.807) is 24.5 Å². The van der Waals surface area contributed by atoms with Gasteiger partial charge in [0.1, 0.15) is 0 Å². The number of halogens is 2. The van der Waals surface area contributed by atoms with E-state index < -0.39 is 0 Å². The molecule has 0 radical (unpaired) electrons. The number of hydrogen-bond acceptors (Lipinski definition) is 4. The molecule has 26 heavy (non-hydrogen) atoms. The third kappa shape index (κ3) is 9.17. The van der Waals surface area contributed by atoms with Gasteiger partial charge in [0.25, 0.3) is 5.91 Å². The molecule has 1 fully saturated rings. The number of amides is 1. The van der Waals surface area contributed by atoms with Gasteiger partial charge in [-0.05, 0) is 31.4 Å². The van der Waals surface area contributed by atoms with E-state index in [-0.39, 0.29) is 30.7 Å². The van der Waals surface area contributed by atoms with Crippen molar-refractivity contribution < 1.29 is 4.79 Å². The Balaban J connectivity index is 0.00000312. The fourth-order valence-electron chi connectivity index (χ4n) is 3.11. The summed E-state index contributed by atoms with van der Waals surface area (Å²) in [7, 11) is 0. The molecule has 0 atom stereocenters. The van der Waals surface area contributed by atoms with E-state index >= 15 is 0 Å². The Morgan fingerprint density at radius 3 is 2.35 bits per heavy atom. The van der Waals surface area contributed by atoms with Crippen LogP contribution in [0.4, 0.5) is 0 Å². The first-order chi connectivity index (χ1) is 11.8. The summed E-state index contributed by atoms with van der Waals surface area (Å²) in [5.74, 6) is 0.121. The molecule has 0 aromatic carbocycles. The van der Waals surface area contributed by atoms with Gasteiger partial charge in [0, 0.05) is 43.6 Å². The van der Waals surface area contributed by atoms with Crippen LogP contribution in [0.3, 0.4) is 0 Å². The van der Waals surface area contributed by atoms with Crippen molar-refractivity contribution >= 4 is 30.7 Å². The Labute approximate surface area is 170 Å². The number of carbonyl (C=O) groups is 1. The van der Waals surface area contributed by atoms with Crippen molar-refractivity contribution in [1.29, 1.82) is 0 Å². The lowest BCUT2D eigenvalue weighted by Gasteiger charge is -2.32. The molecule has 0 saturated carbocycles. The summed E-state index contributed by atoms with van der Waals surface area (Å²) < 4.78 is 0. The number of rotatable bonds is 10. The number of unbranched alkanes of at least 4 members (excludes halogenated alkanes) is 5. The molecule has 2 heterocycles. The van der Waals surface area contributed by atoms with Gasteiger partial charge in [-0.15, -0.1) is 24.8 Å². The van der Waals surface area contributed by atoms with Crippen LogP contribution >= 0.6 is 24.8 Å². The predicted octanol–water partition coefficient (Wildman–Crippen LogP) is 3.98. The molecule has 2 rings (SSSR count). The number of nitrogens with zero attached hydrogens (tertiary/aromatic N) is 2. The van der Waals surface area contributed by atoms with Crippen molar-refractivity contribution in [3.63, 3.8) is 0 Å². The maximum Gasteiger partial charge on any atom is 0.253 e. The third-order valence-electron chi connectivity index (χ3n) is 4.67. The first-order valence-corrected chi connectivity index (χ1v) is 9.49. The lowest BCUT2D eigenvalue weighted by molar-refractivity contribution is 0.0700. The van der Waals surface area contributed by atoms with Crippen LogP contribution in [0.15, 0.2) is 24.5 Å². The number of aromatic nitrogens is 1. The van der Waals surface area contributed by atoms with E-state index in [4.69, 9.17) is 0 Å². The van der Waals surface area contributed by atoms with Gasteiger partial charge < -0.3 is 4.90 Å². The summed E-state index contributed by atoms with van der Waals surface area (Å²) in [5.41, 5.74) is 7.52. The van der Waals surface area contributed by atoms with E-state index in [2.05, 4.69) is 22.8 Å². The highest BCUT2D eigenvalue weighted by Gasteiger charge is 2.23. The Morgan fingerprint density at radius 2 is 1.69 bits per heavy atom. The molecule has 0 bridgehead atoms. The van der Waals surface area contributed by atoms with E-state index in [1.807, 2.05) is 4.90 Å².